The van der Waals surface area contributed by atoms with Gasteiger partial charge in [0.1, 0.15) is 0 Å². The molecule has 2 bridgehead atoms. The molecular weight excluding hydrogens is 430 g/mol. The molecule has 2 fully saturated rings. The SMILES string of the molecule is C=CCN1C2CCCC1CN(C(c1ccc(C(=O)N(CC)CC)cc1)c1cccc(CC)c1)CC2. The lowest BCUT2D eigenvalue weighted by molar-refractivity contribution is 0.0773. The molecule has 0 saturated carbocycles. The van der Waals surface area contributed by atoms with Crippen molar-refractivity contribution < 1.29 is 4.79 Å². The average molecular weight is 474 g/mol. The van der Waals surface area contributed by atoms with Gasteiger partial charge in [-0.05, 0) is 68.4 Å². The van der Waals surface area contributed by atoms with Crippen LogP contribution < -0.4 is 0 Å². The van der Waals surface area contributed by atoms with E-state index in [1.165, 1.54) is 42.4 Å². The van der Waals surface area contributed by atoms with Crippen LogP contribution >= 0.6 is 0 Å². The highest BCUT2D eigenvalue weighted by atomic mass is 16.2. The van der Waals surface area contributed by atoms with Gasteiger partial charge in [-0.3, -0.25) is 14.6 Å². The van der Waals surface area contributed by atoms with E-state index < -0.39 is 0 Å². The van der Waals surface area contributed by atoms with E-state index in [0.717, 1.165) is 44.7 Å². The maximum atomic E-state index is 12.9. The van der Waals surface area contributed by atoms with Crippen LogP contribution in [0, 0.1) is 0 Å². The molecule has 4 nitrogen and oxygen atoms in total. The summed E-state index contributed by atoms with van der Waals surface area (Å²) >= 11 is 0. The first-order chi connectivity index (χ1) is 17.1. The molecule has 188 valence electrons. The number of piperidine rings is 1. The zero-order valence-corrected chi connectivity index (χ0v) is 22.0. The van der Waals surface area contributed by atoms with Crippen molar-refractivity contribution in [3.8, 4) is 0 Å². The van der Waals surface area contributed by atoms with Crippen LogP contribution in [-0.2, 0) is 6.42 Å². The Morgan fingerprint density at radius 3 is 2.46 bits per heavy atom. The van der Waals surface area contributed by atoms with Crippen molar-refractivity contribution in [2.45, 2.75) is 71.0 Å². The van der Waals surface area contributed by atoms with Gasteiger partial charge in [0, 0.05) is 50.4 Å². The topological polar surface area (TPSA) is 26.8 Å². The van der Waals surface area contributed by atoms with Gasteiger partial charge < -0.3 is 4.90 Å². The Labute approximate surface area is 212 Å². The highest BCUT2D eigenvalue weighted by Gasteiger charge is 2.36. The summed E-state index contributed by atoms with van der Waals surface area (Å²) in [6.07, 6.45) is 8.21. The number of hydrogen-bond acceptors (Lipinski definition) is 3. The lowest BCUT2D eigenvalue weighted by Crippen LogP contribution is -2.48. The first-order valence-electron chi connectivity index (χ1n) is 13.7. The summed E-state index contributed by atoms with van der Waals surface area (Å²) in [6, 6.07) is 19.0. The smallest absolute Gasteiger partial charge is 0.253 e. The third kappa shape index (κ3) is 5.70. The van der Waals surface area contributed by atoms with E-state index in [1.54, 1.807) is 0 Å². The summed E-state index contributed by atoms with van der Waals surface area (Å²) in [7, 11) is 0. The maximum Gasteiger partial charge on any atom is 0.253 e. The first kappa shape index (κ1) is 25.7. The van der Waals surface area contributed by atoms with Gasteiger partial charge in [-0.25, -0.2) is 0 Å². The van der Waals surface area contributed by atoms with E-state index in [4.69, 9.17) is 0 Å². The molecule has 3 unspecified atom stereocenters. The van der Waals surface area contributed by atoms with Gasteiger partial charge in [0.2, 0.25) is 0 Å². The number of hydrogen-bond donors (Lipinski definition) is 0. The number of fused-ring (bicyclic) bond motifs is 2. The molecule has 0 radical (unpaired) electrons. The number of aryl methyl sites for hydroxylation is 1. The fourth-order valence-corrected chi connectivity index (χ4v) is 6.18. The molecule has 0 spiro atoms. The Bertz CT molecular complexity index is 981. The summed E-state index contributed by atoms with van der Waals surface area (Å²) in [5, 5.41) is 0. The van der Waals surface area contributed by atoms with Crippen molar-refractivity contribution >= 4 is 5.91 Å². The number of carbonyl (C=O) groups excluding carboxylic acids is 1. The third-order valence-electron chi connectivity index (χ3n) is 8.11. The highest BCUT2D eigenvalue weighted by molar-refractivity contribution is 5.94. The van der Waals surface area contributed by atoms with Gasteiger partial charge in [0.15, 0.2) is 0 Å². The molecule has 0 N–H and O–H groups in total. The third-order valence-corrected chi connectivity index (χ3v) is 8.11. The summed E-state index contributed by atoms with van der Waals surface area (Å²) in [6.45, 7) is 15.0. The van der Waals surface area contributed by atoms with Crippen LogP contribution in [-0.4, -0.2) is 65.4 Å². The number of carbonyl (C=O) groups is 1. The summed E-state index contributed by atoms with van der Waals surface area (Å²) in [5.41, 5.74) is 4.80. The van der Waals surface area contributed by atoms with Crippen LogP contribution in [0.5, 0.6) is 0 Å². The van der Waals surface area contributed by atoms with E-state index in [-0.39, 0.29) is 11.9 Å². The monoisotopic (exact) mass is 473 g/mol. The van der Waals surface area contributed by atoms with E-state index in [1.807, 2.05) is 30.9 Å². The van der Waals surface area contributed by atoms with Crippen LogP contribution in [0.2, 0.25) is 0 Å². The molecule has 2 aromatic rings. The largest absolute Gasteiger partial charge is 0.339 e. The second-order valence-corrected chi connectivity index (χ2v) is 10.1. The van der Waals surface area contributed by atoms with Crippen molar-refractivity contribution in [3.05, 3.63) is 83.4 Å². The molecular formula is C31H43N3O. The van der Waals surface area contributed by atoms with E-state index in [0.29, 0.717) is 12.1 Å². The predicted octanol–water partition coefficient (Wildman–Crippen LogP) is 5.94. The number of amides is 1. The van der Waals surface area contributed by atoms with E-state index in [2.05, 4.69) is 65.8 Å². The van der Waals surface area contributed by atoms with E-state index in [9.17, 15) is 4.79 Å². The highest BCUT2D eigenvalue weighted by Crippen LogP contribution is 2.36. The van der Waals surface area contributed by atoms with Crippen molar-refractivity contribution in [1.29, 1.82) is 0 Å². The minimum atomic E-state index is 0.120. The van der Waals surface area contributed by atoms with Crippen LogP contribution in [0.15, 0.2) is 61.2 Å². The number of nitrogens with zero attached hydrogens (tertiary/aromatic N) is 3. The average Bonchev–Trinajstić information content (AvgIpc) is 2.97. The van der Waals surface area contributed by atoms with Gasteiger partial charge in [0.25, 0.3) is 5.91 Å². The minimum Gasteiger partial charge on any atom is -0.339 e. The summed E-state index contributed by atoms with van der Waals surface area (Å²) < 4.78 is 0. The summed E-state index contributed by atoms with van der Waals surface area (Å²) in [4.78, 5) is 20.2. The van der Waals surface area contributed by atoms with Gasteiger partial charge in [0.05, 0.1) is 6.04 Å². The molecule has 35 heavy (non-hydrogen) atoms. The molecule has 2 saturated heterocycles. The predicted molar refractivity (Wildman–Crippen MR) is 146 cm³/mol. The second-order valence-electron chi connectivity index (χ2n) is 10.1. The standard InChI is InChI=1S/C31H43N3O/c1-5-20-34-28-13-10-14-29(34)23-33(21-19-28)30(27-12-9-11-24(6-2)22-27)25-15-17-26(18-16-25)31(35)32(7-3)8-4/h5,9,11-12,15-18,22,28-30H,1,6-8,10,13-14,19-21,23H2,2-4H3. The lowest BCUT2D eigenvalue weighted by Gasteiger charge is -2.41. The Balaban J connectivity index is 1.68. The van der Waals surface area contributed by atoms with Gasteiger partial charge in [-0.15, -0.1) is 6.58 Å². The molecule has 2 aliphatic heterocycles. The second kappa shape index (κ2) is 12.0. The van der Waals surface area contributed by atoms with Crippen LogP contribution in [0.1, 0.15) is 79.5 Å². The number of benzene rings is 2. The maximum absolute atomic E-state index is 12.9. The van der Waals surface area contributed by atoms with Crippen LogP contribution in [0.4, 0.5) is 0 Å². The zero-order chi connectivity index (χ0) is 24.8. The van der Waals surface area contributed by atoms with Gasteiger partial charge >= 0.3 is 0 Å². The Morgan fingerprint density at radius 2 is 1.77 bits per heavy atom. The van der Waals surface area contributed by atoms with Crippen LogP contribution in [0.3, 0.4) is 0 Å². The lowest BCUT2D eigenvalue weighted by atomic mass is 9.93. The molecule has 0 aromatic heterocycles. The molecule has 4 heteroatoms. The summed E-state index contributed by atoms with van der Waals surface area (Å²) in [5.74, 6) is 0.120. The van der Waals surface area contributed by atoms with Gasteiger partial charge in [-0.2, -0.15) is 0 Å². The molecule has 2 aromatic carbocycles. The molecule has 1 amide bonds. The van der Waals surface area contributed by atoms with Crippen molar-refractivity contribution in [3.63, 3.8) is 0 Å². The van der Waals surface area contributed by atoms with Crippen molar-refractivity contribution in [2.75, 3.05) is 32.7 Å². The first-order valence-corrected chi connectivity index (χ1v) is 13.7. The normalized spacial score (nSPS) is 21.8. The quantitative estimate of drug-likeness (QED) is 0.422. The fraction of sp³-hybridized carbons (Fsp3) is 0.516. The number of rotatable bonds is 9. The Morgan fingerprint density at radius 1 is 1.03 bits per heavy atom. The van der Waals surface area contributed by atoms with E-state index >= 15 is 0 Å². The van der Waals surface area contributed by atoms with Crippen molar-refractivity contribution in [2.24, 2.45) is 0 Å². The molecule has 2 aliphatic rings. The zero-order valence-electron chi connectivity index (χ0n) is 22.0. The fourth-order valence-electron chi connectivity index (χ4n) is 6.18. The minimum absolute atomic E-state index is 0.120. The molecule has 0 aliphatic carbocycles. The Hall–Kier alpha value is -2.43. The van der Waals surface area contributed by atoms with Gasteiger partial charge in [-0.1, -0.05) is 55.8 Å². The molecule has 3 atom stereocenters. The van der Waals surface area contributed by atoms with Crippen LogP contribution in [0.25, 0.3) is 0 Å². The Kier molecular flexibility index (Phi) is 8.80. The van der Waals surface area contributed by atoms with Crippen molar-refractivity contribution in [1.82, 2.24) is 14.7 Å². The molecule has 4 rings (SSSR count). The molecule has 2 heterocycles.